The summed E-state index contributed by atoms with van der Waals surface area (Å²) in [6, 6.07) is 10.8. The second-order valence-electron chi connectivity index (χ2n) is 7.65. The Labute approximate surface area is 190 Å². The molecule has 0 saturated carbocycles. The van der Waals surface area contributed by atoms with E-state index in [1.807, 2.05) is 11.8 Å². The molecule has 7 nitrogen and oxygen atoms in total. The number of thioether (sulfide) groups is 1. The van der Waals surface area contributed by atoms with Gasteiger partial charge in [0.1, 0.15) is 5.03 Å². The van der Waals surface area contributed by atoms with Crippen LogP contribution in [0.3, 0.4) is 0 Å². The zero-order valence-electron chi connectivity index (χ0n) is 17.2. The maximum absolute atomic E-state index is 9.55. The van der Waals surface area contributed by atoms with Crippen molar-refractivity contribution in [2.75, 3.05) is 25.4 Å². The number of carboxylic acids is 2. The molecule has 9 heteroatoms. The van der Waals surface area contributed by atoms with Gasteiger partial charge in [-0.25, -0.2) is 9.59 Å². The minimum absolute atomic E-state index is 0.558. The van der Waals surface area contributed by atoms with Crippen LogP contribution in [-0.2, 0) is 16.0 Å². The number of aromatic nitrogens is 2. The number of rotatable bonds is 8. The Balaban J connectivity index is 0.000000293. The number of aliphatic carboxylic acids is 2. The monoisotopic (exact) mass is 461 g/mol. The molecule has 0 aliphatic carbocycles. The Morgan fingerprint density at radius 1 is 1.10 bits per heavy atom. The maximum atomic E-state index is 9.55. The van der Waals surface area contributed by atoms with E-state index in [1.165, 1.54) is 66.9 Å². The van der Waals surface area contributed by atoms with Crippen LogP contribution in [0.25, 0.3) is 0 Å². The summed E-state index contributed by atoms with van der Waals surface area (Å²) in [5.74, 6) is 0.0919. The van der Waals surface area contributed by atoms with Crippen molar-refractivity contribution in [2.24, 2.45) is 5.92 Å². The molecule has 1 atom stereocenters. The minimum Gasteiger partial charge on any atom is -0.478 e. The zero-order valence-corrected chi connectivity index (χ0v) is 18.9. The van der Waals surface area contributed by atoms with Gasteiger partial charge in [0.05, 0.1) is 17.4 Å². The lowest BCUT2D eigenvalue weighted by Gasteiger charge is -2.44. The van der Waals surface area contributed by atoms with Gasteiger partial charge >= 0.3 is 11.9 Å². The van der Waals surface area contributed by atoms with Crippen molar-refractivity contribution in [2.45, 2.75) is 36.6 Å². The molecule has 3 aliphatic heterocycles. The molecule has 31 heavy (non-hydrogen) atoms. The van der Waals surface area contributed by atoms with Gasteiger partial charge < -0.3 is 15.1 Å². The molecule has 3 aliphatic rings. The topological polar surface area (TPSA) is 104 Å². The van der Waals surface area contributed by atoms with Gasteiger partial charge in [0, 0.05) is 24.6 Å². The highest BCUT2D eigenvalue weighted by molar-refractivity contribution is 7.99. The van der Waals surface area contributed by atoms with E-state index >= 15 is 0 Å². The summed E-state index contributed by atoms with van der Waals surface area (Å²) in [4.78, 5) is 21.7. The van der Waals surface area contributed by atoms with Crippen LogP contribution in [-0.4, -0.2) is 61.2 Å². The minimum atomic E-state index is -1.26. The molecule has 0 spiro atoms. The standard InChI is InChI=1S/C18H23N3S2.C4H4O4/c1-2-5-14(6-3-1)7-4-12-22-18-17(19-23-20-18)16-13-21-10-8-15(16)9-11-21;5-3(6)1-2-4(7)8/h1-3,5-6,15-16H,4,7-13H2;1-2H,(H,5,6)(H,7,8). The van der Waals surface area contributed by atoms with E-state index in [-0.39, 0.29) is 0 Å². The first kappa shape index (κ1) is 23.4. The molecule has 3 fully saturated rings. The van der Waals surface area contributed by atoms with Gasteiger partial charge in [-0.3, -0.25) is 0 Å². The van der Waals surface area contributed by atoms with E-state index in [2.05, 4.69) is 44.0 Å². The highest BCUT2D eigenvalue weighted by Gasteiger charge is 2.37. The number of carboxylic acid groups (broad SMARTS) is 2. The number of hydrogen-bond acceptors (Lipinski definition) is 7. The van der Waals surface area contributed by atoms with Crippen LogP contribution in [0.1, 0.15) is 36.4 Å². The highest BCUT2D eigenvalue weighted by atomic mass is 32.2. The van der Waals surface area contributed by atoms with E-state index in [0.717, 1.165) is 18.1 Å². The number of carbonyl (C=O) groups is 2. The van der Waals surface area contributed by atoms with Gasteiger partial charge in [-0.15, -0.1) is 11.8 Å². The normalized spacial score (nSPS) is 22.1. The molecule has 2 aromatic rings. The van der Waals surface area contributed by atoms with Crippen molar-refractivity contribution < 1.29 is 19.8 Å². The average molecular weight is 462 g/mol. The number of piperidine rings is 3. The fourth-order valence-electron chi connectivity index (χ4n) is 4.02. The molecule has 2 N–H and O–H groups in total. The summed E-state index contributed by atoms with van der Waals surface area (Å²) in [5, 5.41) is 16.8. The van der Waals surface area contributed by atoms with Crippen LogP contribution in [0.4, 0.5) is 0 Å². The third kappa shape index (κ3) is 7.45. The summed E-state index contributed by atoms with van der Waals surface area (Å²) in [6.07, 6.45) is 6.16. The van der Waals surface area contributed by atoms with E-state index in [1.54, 1.807) is 0 Å². The molecule has 3 saturated heterocycles. The van der Waals surface area contributed by atoms with Gasteiger partial charge in [-0.05, 0) is 56.0 Å². The molecule has 166 valence electrons. The van der Waals surface area contributed by atoms with Gasteiger partial charge in [-0.1, -0.05) is 30.3 Å². The number of hydrogen-bond donors (Lipinski definition) is 2. The molecule has 4 heterocycles. The van der Waals surface area contributed by atoms with Crippen LogP contribution in [0.5, 0.6) is 0 Å². The Hall–Kier alpha value is -2.23. The molecule has 1 unspecified atom stereocenters. The van der Waals surface area contributed by atoms with Gasteiger partial charge in [-0.2, -0.15) is 8.75 Å². The SMILES string of the molecule is O=C(O)C=CC(=O)O.c1ccc(CCCSc2nsnc2C2CN3CCC2CC3)cc1. The number of benzene rings is 1. The largest absolute Gasteiger partial charge is 0.478 e. The molecule has 0 radical (unpaired) electrons. The second-order valence-corrected chi connectivity index (χ2v) is 9.26. The van der Waals surface area contributed by atoms with Crippen LogP contribution in [0.2, 0.25) is 0 Å². The van der Waals surface area contributed by atoms with E-state index in [9.17, 15) is 9.59 Å². The fourth-order valence-corrected chi connectivity index (χ4v) is 5.73. The Morgan fingerprint density at radius 2 is 1.77 bits per heavy atom. The average Bonchev–Trinajstić information content (AvgIpc) is 3.26. The van der Waals surface area contributed by atoms with Crippen LogP contribution < -0.4 is 0 Å². The first-order valence-corrected chi connectivity index (χ1v) is 12.1. The van der Waals surface area contributed by atoms with Crippen molar-refractivity contribution in [3.8, 4) is 0 Å². The zero-order chi connectivity index (χ0) is 22.1. The maximum Gasteiger partial charge on any atom is 0.328 e. The quantitative estimate of drug-likeness (QED) is 0.348. The summed E-state index contributed by atoms with van der Waals surface area (Å²) in [6.45, 7) is 3.78. The van der Waals surface area contributed by atoms with Crippen molar-refractivity contribution >= 4 is 35.4 Å². The Kier molecular flexibility index (Phi) is 9.05. The van der Waals surface area contributed by atoms with Crippen molar-refractivity contribution in [3.63, 3.8) is 0 Å². The van der Waals surface area contributed by atoms with Crippen LogP contribution in [0.15, 0.2) is 47.5 Å². The molecule has 1 aromatic carbocycles. The van der Waals surface area contributed by atoms with Gasteiger partial charge in [0.2, 0.25) is 0 Å². The van der Waals surface area contributed by atoms with Gasteiger partial charge in [0.25, 0.3) is 0 Å². The first-order chi connectivity index (χ1) is 15.0. The Bertz CT molecular complexity index is 864. The van der Waals surface area contributed by atoms with Crippen LogP contribution in [0, 0.1) is 5.92 Å². The summed E-state index contributed by atoms with van der Waals surface area (Å²) in [7, 11) is 0. The summed E-state index contributed by atoms with van der Waals surface area (Å²) >= 11 is 3.31. The number of nitrogens with zero attached hydrogens (tertiary/aromatic N) is 3. The van der Waals surface area contributed by atoms with E-state index in [0.29, 0.717) is 18.1 Å². The predicted octanol–water partition coefficient (Wildman–Crippen LogP) is 3.78. The second kappa shape index (κ2) is 12.0. The van der Waals surface area contributed by atoms with Crippen molar-refractivity contribution in [1.82, 2.24) is 13.6 Å². The van der Waals surface area contributed by atoms with Crippen molar-refractivity contribution in [1.29, 1.82) is 0 Å². The molecule has 5 rings (SSSR count). The van der Waals surface area contributed by atoms with E-state index < -0.39 is 11.9 Å². The Morgan fingerprint density at radius 3 is 2.35 bits per heavy atom. The molecule has 0 amide bonds. The molecule has 2 bridgehead atoms. The van der Waals surface area contributed by atoms with Gasteiger partial charge in [0.15, 0.2) is 0 Å². The van der Waals surface area contributed by atoms with E-state index in [4.69, 9.17) is 10.2 Å². The molecular weight excluding hydrogens is 434 g/mol. The molecular formula is C22H27N3O4S2. The van der Waals surface area contributed by atoms with Crippen molar-refractivity contribution in [3.05, 3.63) is 53.7 Å². The number of aryl methyl sites for hydroxylation is 1. The summed E-state index contributed by atoms with van der Waals surface area (Å²) in [5.41, 5.74) is 2.73. The number of fused-ring (bicyclic) bond motifs is 3. The first-order valence-electron chi connectivity index (χ1n) is 10.4. The predicted molar refractivity (Wildman–Crippen MR) is 122 cm³/mol. The highest BCUT2D eigenvalue weighted by Crippen LogP contribution is 2.41. The lowest BCUT2D eigenvalue weighted by Crippen LogP contribution is -2.46. The third-order valence-corrected chi connectivity index (χ3v) is 7.27. The summed E-state index contributed by atoms with van der Waals surface area (Å²) < 4.78 is 9.27. The third-order valence-electron chi connectivity index (χ3n) is 5.55. The molecule has 1 aromatic heterocycles. The fraction of sp³-hybridized carbons (Fsp3) is 0.455. The lowest BCUT2D eigenvalue weighted by atomic mass is 9.78. The smallest absolute Gasteiger partial charge is 0.328 e. The van der Waals surface area contributed by atoms with Crippen LogP contribution >= 0.6 is 23.5 Å². The lowest BCUT2D eigenvalue weighted by molar-refractivity contribution is -0.134.